The highest BCUT2D eigenvalue weighted by Gasteiger charge is 2.28. The lowest BCUT2D eigenvalue weighted by molar-refractivity contribution is -0.104. The summed E-state index contributed by atoms with van der Waals surface area (Å²) in [5, 5.41) is 3.75. The van der Waals surface area contributed by atoms with Gasteiger partial charge < -0.3 is 15.1 Å². The maximum Gasteiger partial charge on any atom is 0.253 e. The third-order valence-corrected chi connectivity index (χ3v) is 5.23. The van der Waals surface area contributed by atoms with E-state index < -0.39 is 0 Å². The van der Waals surface area contributed by atoms with E-state index in [9.17, 15) is 9.59 Å². The molecule has 144 valence electrons. The average molecular weight is 398 g/mol. The molecule has 1 saturated heterocycles. The molecule has 0 radical (unpaired) electrons. The highest BCUT2D eigenvalue weighted by atomic mass is 35.5. The van der Waals surface area contributed by atoms with E-state index in [1.54, 1.807) is 18.6 Å². The highest BCUT2D eigenvalue weighted by Crippen LogP contribution is 2.30. The zero-order valence-electron chi connectivity index (χ0n) is 15.2. The standard InChI is InChI=1S/C20H20ClN5O2/c21-16-11-22-20(23-12-16)24-17-5-8-26(13-17)19(28)15-2-3-18-14(10-15)4-7-25(18)6-1-9-27/h1-3,6,9-12,17H,4-5,7-8,13H2,(H,22,23,24)/t17-/m0/s1. The number of allylic oxidation sites excluding steroid dienone is 1. The van der Waals surface area contributed by atoms with Crippen molar-refractivity contribution in [2.24, 2.45) is 0 Å². The molecule has 28 heavy (non-hydrogen) atoms. The second-order valence-corrected chi connectivity index (χ2v) is 7.31. The number of benzene rings is 1. The van der Waals surface area contributed by atoms with Crippen molar-refractivity contribution >= 4 is 35.4 Å². The van der Waals surface area contributed by atoms with Crippen molar-refractivity contribution < 1.29 is 9.59 Å². The molecule has 7 nitrogen and oxygen atoms in total. The van der Waals surface area contributed by atoms with E-state index in [0.717, 1.165) is 36.9 Å². The van der Waals surface area contributed by atoms with E-state index in [0.29, 0.717) is 29.6 Å². The second kappa shape index (κ2) is 7.98. The summed E-state index contributed by atoms with van der Waals surface area (Å²) in [5.74, 6) is 0.552. The number of anilines is 2. The van der Waals surface area contributed by atoms with Crippen LogP contribution in [0.25, 0.3) is 0 Å². The Morgan fingerprint density at radius 3 is 2.86 bits per heavy atom. The van der Waals surface area contributed by atoms with Gasteiger partial charge in [0.25, 0.3) is 5.91 Å². The number of aldehydes is 1. The van der Waals surface area contributed by atoms with Gasteiger partial charge in [-0.2, -0.15) is 0 Å². The minimum Gasteiger partial charge on any atom is -0.350 e. The normalized spacial score (nSPS) is 18.5. The summed E-state index contributed by atoms with van der Waals surface area (Å²) in [7, 11) is 0. The molecule has 1 aromatic carbocycles. The van der Waals surface area contributed by atoms with Crippen LogP contribution in [0.4, 0.5) is 11.6 Å². The molecule has 2 aliphatic heterocycles. The lowest BCUT2D eigenvalue weighted by Crippen LogP contribution is -2.31. The number of hydrogen-bond acceptors (Lipinski definition) is 6. The van der Waals surface area contributed by atoms with E-state index in [4.69, 9.17) is 11.6 Å². The number of fused-ring (bicyclic) bond motifs is 1. The number of nitrogens with zero attached hydrogens (tertiary/aromatic N) is 4. The Kier molecular flexibility index (Phi) is 5.25. The van der Waals surface area contributed by atoms with E-state index in [2.05, 4.69) is 15.3 Å². The van der Waals surface area contributed by atoms with Crippen molar-refractivity contribution in [1.82, 2.24) is 14.9 Å². The molecule has 4 rings (SSSR count). The van der Waals surface area contributed by atoms with Gasteiger partial charge in [0.1, 0.15) is 6.29 Å². The first-order valence-electron chi connectivity index (χ1n) is 9.19. The minimum atomic E-state index is 0.0333. The Bertz CT molecular complexity index is 915. The molecule has 3 heterocycles. The van der Waals surface area contributed by atoms with Crippen LogP contribution in [-0.2, 0) is 11.2 Å². The van der Waals surface area contributed by atoms with Gasteiger partial charge in [-0.05, 0) is 42.7 Å². The van der Waals surface area contributed by atoms with Crippen molar-refractivity contribution in [1.29, 1.82) is 0 Å². The fraction of sp³-hybridized carbons (Fsp3) is 0.300. The molecule has 2 aromatic rings. The van der Waals surface area contributed by atoms with Gasteiger partial charge in [-0.15, -0.1) is 0 Å². The van der Waals surface area contributed by atoms with Crippen LogP contribution in [0.5, 0.6) is 0 Å². The van der Waals surface area contributed by atoms with Crippen LogP contribution < -0.4 is 10.2 Å². The van der Waals surface area contributed by atoms with Crippen LogP contribution >= 0.6 is 11.6 Å². The molecule has 2 aliphatic rings. The summed E-state index contributed by atoms with van der Waals surface area (Å²) < 4.78 is 0. The summed E-state index contributed by atoms with van der Waals surface area (Å²) in [6.45, 7) is 2.11. The summed E-state index contributed by atoms with van der Waals surface area (Å²) in [6, 6.07) is 5.90. The number of halogens is 1. The van der Waals surface area contributed by atoms with Crippen molar-refractivity contribution in [3.63, 3.8) is 0 Å². The first kappa shape index (κ1) is 18.4. The largest absolute Gasteiger partial charge is 0.350 e. The molecule has 1 amide bonds. The molecule has 0 bridgehead atoms. The Morgan fingerprint density at radius 1 is 1.25 bits per heavy atom. The van der Waals surface area contributed by atoms with Gasteiger partial charge in [-0.3, -0.25) is 9.59 Å². The number of carbonyl (C=O) groups excluding carboxylic acids is 2. The first-order valence-corrected chi connectivity index (χ1v) is 9.57. The SMILES string of the molecule is O=CC=CN1CCc2cc(C(=O)N3CC[C@H](Nc4ncc(Cl)cn4)C3)ccc21. The molecule has 1 fully saturated rings. The van der Waals surface area contributed by atoms with Crippen LogP contribution in [0.15, 0.2) is 42.9 Å². The smallest absolute Gasteiger partial charge is 0.253 e. The van der Waals surface area contributed by atoms with Crippen LogP contribution in [0.2, 0.25) is 5.02 Å². The third-order valence-electron chi connectivity index (χ3n) is 5.03. The van der Waals surface area contributed by atoms with Gasteiger partial charge in [0.15, 0.2) is 0 Å². The van der Waals surface area contributed by atoms with Crippen LogP contribution in [0.3, 0.4) is 0 Å². The summed E-state index contributed by atoms with van der Waals surface area (Å²) in [6.07, 6.45) is 8.82. The Morgan fingerprint density at radius 2 is 2.07 bits per heavy atom. The predicted molar refractivity (Wildman–Crippen MR) is 108 cm³/mol. The lowest BCUT2D eigenvalue weighted by Gasteiger charge is -2.18. The van der Waals surface area contributed by atoms with Crippen LogP contribution in [0, 0.1) is 0 Å². The topological polar surface area (TPSA) is 78.4 Å². The third kappa shape index (κ3) is 3.84. The maximum atomic E-state index is 12.9. The van der Waals surface area contributed by atoms with Crippen LogP contribution in [-0.4, -0.2) is 52.7 Å². The minimum absolute atomic E-state index is 0.0333. The van der Waals surface area contributed by atoms with Crippen molar-refractivity contribution in [2.75, 3.05) is 29.9 Å². The van der Waals surface area contributed by atoms with Crippen molar-refractivity contribution in [3.8, 4) is 0 Å². The second-order valence-electron chi connectivity index (χ2n) is 6.87. The number of hydrogen-bond donors (Lipinski definition) is 1. The average Bonchev–Trinajstić information content (AvgIpc) is 3.34. The molecular weight excluding hydrogens is 378 g/mol. The molecule has 1 atom stereocenters. The number of rotatable bonds is 5. The molecule has 0 unspecified atom stereocenters. The van der Waals surface area contributed by atoms with Gasteiger partial charge in [0.05, 0.1) is 17.4 Å². The molecule has 8 heteroatoms. The molecule has 1 aromatic heterocycles. The van der Waals surface area contributed by atoms with Crippen LogP contribution in [0.1, 0.15) is 22.3 Å². The fourth-order valence-electron chi connectivity index (χ4n) is 3.67. The van der Waals surface area contributed by atoms with Gasteiger partial charge in [-0.1, -0.05) is 11.6 Å². The van der Waals surface area contributed by atoms with Gasteiger partial charge in [0, 0.05) is 43.1 Å². The molecule has 0 aliphatic carbocycles. The fourth-order valence-corrected chi connectivity index (χ4v) is 3.77. The first-order chi connectivity index (χ1) is 13.6. The van der Waals surface area contributed by atoms with Crippen molar-refractivity contribution in [2.45, 2.75) is 18.9 Å². The van der Waals surface area contributed by atoms with E-state index in [1.807, 2.05) is 28.0 Å². The number of carbonyl (C=O) groups is 2. The molecule has 0 spiro atoms. The Balaban J connectivity index is 1.40. The van der Waals surface area contributed by atoms with E-state index in [-0.39, 0.29) is 11.9 Å². The molecule has 1 N–H and O–H groups in total. The lowest BCUT2D eigenvalue weighted by atomic mass is 10.1. The summed E-state index contributed by atoms with van der Waals surface area (Å²) >= 11 is 5.81. The van der Waals surface area contributed by atoms with Crippen molar-refractivity contribution in [3.05, 3.63) is 59.0 Å². The highest BCUT2D eigenvalue weighted by molar-refractivity contribution is 6.30. The quantitative estimate of drug-likeness (QED) is 0.617. The van der Waals surface area contributed by atoms with Gasteiger partial charge in [-0.25, -0.2) is 9.97 Å². The predicted octanol–water partition coefficient (Wildman–Crippen LogP) is 2.53. The molecule has 0 saturated carbocycles. The monoisotopic (exact) mass is 397 g/mol. The Labute approximate surface area is 168 Å². The summed E-state index contributed by atoms with van der Waals surface area (Å²) in [5.41, 5.74) is 2.88. The molecular formula is C20H20ClN5O2. The zero-order chi connectivity index (χ0) is 19.5. The van der Waals surface area contributed by atoms with Gasteiger partial charge >= 0.3 is 0 Å². The number of amides is 1. The summed E-state index contributed by atoms with van der Waals surface area (Å²) in [4.78, 5) is 35.6. The zero-order valence-corrected chi connectivity index (χ0v) is 16.0. The number of likely N-dealkylation sites (tertiary alicyclic amines) is 1. The van der Waals surface area contributed by atoms with E-state index >= 15 is 0 Å². The van der Waals surface area contributed by atoms with Gasteiger partial charge in [0.2, 0.25) is 5.95 Å². The van der Waals surface area contributed by atoms with E-state index in [1.165, 1.54) is 6.08 Å². The maximum absolute atomic E-state index is 12.9. The Hall–Kier alpha value is -2.93. The number of aromatic nitrogens is 2. The number of nitrogens with one attached hydrogen (secondary N) is 1.